The number of Topliss-reactive ketones (excluding diaryl/α,β-unsaturated/α-hetero) is 1. The molecule has 1 aliphatic heterocycles. The lowest BCUT2D eigenvalue weighted by Gasteiger charge is -2.33. The molecule has 1 saturated heterocycles. The molecule has 0 bridgehead atoms. The molecular formula is C42H65N5O6. The number of carbonyl (C=O) groups excluding carboxylic acids is 4. The number of nitrogens with one attached hydrogen (secondary N) is 3. The molecular weight excluding hydrogens is 670 g/mol. The van der Waals surface area contributed by atoms with E-state index in [9.17, 15) is 24.3 Å². The van der Waals surface area contributed by atoms with Gasteiger partial charge in [0.15, 0.2) is 5.78 Å². The summed E-state index contributed by atoms with van der Waals surface area (Å²) in [7, 11) is 0. The van der Waals surface area contributed by atoms with E-state index in [0.29, 0.717) is 55.7 Å². The number of ether oxygens (including phenoxy) is 1. The number of aliphatic hydroxyl groups excluding tert-OH is 1. The Morgan fingerprint density at radius 2 is 1.70 bits per heavy atom. The zero-order valence-electron chi connectivity index (χ0n) is 32.9. The van der Waals surface area contributed by atoms with Crippen LogP contribution in [-0.4, -0.2) is 80.0 Å². The zero-order chi connectivity index (χ0) is 38.5. The van der Waals surface area contributed by atoms with Gasteiger partial charge in [-0.15, -0.1) is 0 Å². The molecule has 2 heterocycles. The summed E-state index contributed by atoms with van der Waals surface area (Å²) in [6.07, 6.45) is 11.3. The van der Waals surface area contributed by atoms with E-state index in [-0.39, 0.29) is 31.0 Å². The first-order chi connectivity index (χ1) is 25.2. The molecule has 4 rings (SSSR count). The van der Waals surface area contributed by atoms with Crippen LogP contribution < -0.4 is 10.6 Å². The maximum atomic E-state index is 14.3. The third-order valence-corrected chi connectivity index (χ3v) is 11.1. The highest BCUT2D eigenvalue weighted by atomic mass is 16.6. The standard InChI is InChI=1S/C42H65N5O6/c1-7-31(28(2)3)23-37(48)34(22-30-17-12-9-13-18-30)45-40(51)35(25-33-26-43-27-44-33)46-39(50)32(21-29-15-10-8-11-16-29)24-38(49)36-19-14-20-47(36)41(52)53-42(4,5)6/h8,10-11,15-16,26-28,30-32,34-37,48H,7,9,12-14,17-25H2,1-6H3,(H,43,44)(H,45,51)(H,46,50)/t31-,32+,34-,35-,36-,37-/m0/s1. The van der Waals surface area contributed by atoms with Gasteiger partial charge in [-0.05, 0) is 76.2 Å². The fraction of sp³-hybridized carbons (Fsp3) is 0.690. The van der Waals surface area contributed by atoms with E-state index >= 15 is 0 Å². The van der Waals surface area contributed by atoms with Crippen molar-refractivity contribution in [3.05, 3.63) is 54.1 Å². The number of ketones is 1. The number of benzene rings is 1. The number of carbonyl (C=O) groups is 4. The number of aromatic amines is 1. The predicted octanol–water partition coefficient (Wildman–Crippen LogP) is 6.54. The Labute approximate surface area is 316 Å². The smallest absolute Gasteiger partial charge is 0.410 e. The molecule has 2 fully saturated rings. The first-order valence-corrected chi connectivity index (χ1v) is 20.1. The molecule has 0 radical (unpaired) electrons. The first kappa shape index (κ1) is 42.0. The van der Waals surface area contributed by atoms with E-state index in [1.165, 1.54) is 17.6 Å². The first-order valence-electron chi connectivity index (χ1n) is 20.1. The predicted molar refractivity (Wildman–Crippen MR) is 206 cm³/mol. The summed E-state index contributed by atoms with van der Waals surface area (Å²) < 4.78 is 5.60. The number of aliphatic hydroxyl groups is 1. The summed E-state index contributed by atoms with van der Waals surface area (Å²) in [6.45, 7) is 12.3. The van der Waals surface area contributed by atoms with Crippen molar-refractivity contribution in [2.24, 2.45) is 23.7 Å². The molecule has 4 N–H and O–H groups in total. The second-order valence-electron chi connectivity index (χ2n) is 16.8. The lowest BCUT2D eigenvalue weighted by atomic mass is 9.80. The minimum atomic E-state index is -0.978. The molecule has 294 valence electrons. The highest BCUT2D eigenvalue weighted by molar-refractivity contribution is 5.94. The van der Waals surface area contributed by atoms with Gasteiger partial charge < -0.3 is 25.5 Å². The number of aromatic nitrogens is 2. The summed E-state index contributed by atoms with van der Waals surface area (Å²) in [4.78, 5) is 64.2. The Hall–Kier alpha value is -3.73. The number of imidazole rings is 1. The van der Waals surface area contributed by atoms with Crippen LogP contribution in [0.15, 0.2) is 42.9 Å². The van der Waals surface area contributed by atoms with E-state index in [1.807, 2.05) is 30.3 Å². The van der Waals surface area contributed by atoms with Crippen LogP contribution in [0.25, 0.3) is 0 Å². The van der Waals surface area contributed by atoms with Gasteiger partial charge in [0.1, 0.15) is 11.6 Å². The van der Waals surface area contributed by atoms with Crippen LogP contribution in [-0.2, 0) is 32.0 Å². The topological polar surface area (TPSA) is 154 Å². The van der Waals surface area contributed by atoms with Gasteiger partial charge in [0.2, 0.25) is 11.8 Å². The molecule has 2 aliphatic rings. The molecule has 1 aliphatic carbocycles. The number of H-pyrrole nitrogens is 1. The number of amides is 3. The van der Waals surface area contributed by atoms with Crippen LogP contribution >= 0.6 is 0 Å². The van der Waals surface area contributed by atoms with Gasteiger partial charge in [0.05, 0.1) is 24.5 Å². The average Bonchev–Trinajstić information content (AvgIpc) is 3.83. The largest absolute Gasteiger partial charge is 0.444 e. The number of nitrogens with zero attached hydrogens (tertiary/aromatic N) is 2. The van der Waals surface area contributed by atoms with Gasteiger partial charge in [-0.3, -0.25) is 19.3 Å². The summed E-state index contributed by atoms with van der Waals surface area (Å²) in [5.74, 6) is -0.647. The molecule has 2 aromatic rings. The monoisotopic (exact) mass is 735 g/mol. The fourth-order valence-corrected chi connectivity index (χ4v) is 8.05. The Balaban J connectivity index is 1.56. The van der Waals surface area contributed by atoms with Crippen molar-refractivity contribution in [2.45, 2.75) is 155 Å². The number of rotatable bonds is 18. The lowest BCUT2D eigenvalue weighted by Crippen LogP contribution is -2.55. The molecule has 0 unspecified atom stereocenters. The van der Waals surface area contributed by atoms with Gasteiger partial charge in [0.25, 0.3) is 0 Å². The highest BCUT2D eigenvalue weighted by Gasteiger charge is 2.39. The number of hydrogen-bond donors (Lipinski definition) is 4. The normalized spacial score (nSPS) is 19.6. The Kier molecular flexibility index (Phi) is 15.9. The van der Waals surface area contributed by atoms with Crippen molar-refractivity contribution in [1.29, 1.82) is 0 Å². The number of likely N-dealkylation sites (tertiary alicyclic amines) is 1. The van der Waals surface area contributed by atoms with Gasteiger partial charge in [-0.25, -0.2) is 9.78 Å². The minimum Gasteiger partial charge on any atom is -0.444 e. The van der Waals surface area contributed by atoms with Gasteiger partial charge in [-0.2, -0.15) is 0 Å². The van der Waals surface area contributed by atoms with Crippen LogP contribution in [0.4, 0.5) is 4.79 Å². The van der Waals surface area contributed by atoms with Crippen LogP contribution in [0.2, 0.25) is 0 Å². The van der Waals surface area contributed by atoms with Crippen molar-refractivity contribution >= 4 is 23.7 Å². The van der Waals surface area contributed by atoms with Gasteiger partial charge >= 0.3 is 6.09 Å². The fourth-order valence-electron chi connectivity index (χ4n) is 8.05. The highest BCUT2D eigenvalue weighted by Crippen LogP contribution is 2.30. The molecule has 53 heavy (non-hydrogen) atoms. The van der Waals surface area contributed by atoms with Crippen LogP contribution in [0.1, 0.15) is 123 Å². The summed E-state index contributed by atoms with van der Waals surface area (Å²) in [5, 5.41) is 17.9. The Bertz CT molecular complexity index is 1440. The quantitative estimate of drug-likeness (QED) is 0.136. The minimum absolute atomic E-state index is 0.0975. The van der Waals surface area contributed by atoms with Crippen molar-refractivity contribution in [3.63, 3.8) is 0 Å². The van der Waals surface area contributed by atoms with Gasteiger partial charge in [-0.1, -0.05) is 89.6 Å². The SMILES string of the molecule is CC[C@@H](C[C@H](O)[C@H](CC1CCCCC1)NC(=O)[C@H](Cc1cnc[nH]1)NC(=O)[C@@H](CC(=O)[C@@H]1CCCN1C(=O)OC(C)(C)C)Cc1ccccc1)C(C)C. The maximum absolute atomic E-state index is 14.3. The third-order valence-electron chi connectivity index (χ3n) is 11.1. The summed E-state index contributed by atoms with van der Waals surface area (Å²) >= 11 is 0. The average molecular weight is 736 g/mol. The molecule has 11 nitrogen and oxygen atoms in total. The van der Waals surface area contributed by atoms with Gasteiger partial charge in [0, 0.05) is 37.2 Å². The molecule has 0 spiro atoms. The Morgan fingerprint density at radius 3 is 2.32 bits per heavy atom. The van der Waals surface area contributed by atoms with Crippen molar-refractivity contribution in [1.82, 2.24) is 25.5 Å². The van der Waals surface area contributed by atoms with E-state index in [2.05, 4.69) is 41.4 Å². The van der Waals surface area contributed by atoms with E-state index in [0.717, 1.165) is 37.7 Å². The second kappa shape index (κ2) is 20.1. The molecule has 1 aromatic heterocycles. The molecule has 6 atom stereocenters. The zero-order valence-corrected chi connectivity index (χ0v) is 32.9. The molecule has 1 saturated carbocycles. The van der Waals surface area contributed by atoms with Crippen LogP contribution in [0.3, 0.4) is 0 Å². The van der Waals surface area contributed by atoms with Crippen molar-refractivity contribution < 1.29 is 29.0 Å². The van der Waals surface area contributed by atoms with Crippen LogP contribution in [0, 0.1) is 23.7 Å². The molecule has 1 aromatic carbocycles. The molecule has 3 amide bonds. The summed E-state index contributed by atoms with van der Waals surface area (Å²) in [6, 6.07) is 7.40. The Morgan fingerprint density at radius 1 is 0.981 bits per heavy atom. The maximum Gasteiger partial charge on any atom is 0.410 e. The second-order valence-corrected chi connectivity index (χ2v) is 16.8. The van der Waals surface area contributed by atoms with E-state index < -0.39 is 47.7 Å². The molecule has 11 heteroatoms. The van der Waals surface area contributed by atoms with Crippen LogP contribution in [0.5, 0.6) is 0 Å². The lowest BCUT2D eigenvalue weighted by molar-refractivity contribution is -0.134. The van der Waals surface area contributed by atoms with E-state index in [4.69, 9.17) is 4.74 Å². The summed E-state index contributed by atoms with van der Waals surface area (Å²) in [5.41, 5.74) is 0.859. The van der Waals surface area contributed by atoms with Crippen molar-refractivity contribution in [3.8, 4) is 0 Å². The van der Waals surface area contributed by atoms with Crippen molar-refractivity contribution in [2.75, 3.05) is 6.54 Å². The van der Waals surface area contributed by atoms with E-state index in [1.54, 1.807) is 27.0 Å². The number of hydrogen-bond acceptors (Lipinski definition) is 7. The third kappa shape index (κ3) is 13.3.